The molecule has 2 aliphatic carbocycles. The van der Waals surface area contributed by atoms with Crippen LogP contribution in [0, 0.1) is 13.8 Å². The van der Waals surface area contributed by atoms with Crippen molar-refractivity contribution in [2.45, 2.75) is 55.2 Å². The molecule has 0 aromatic heterocycles. The number of hydrogen-bond donors (Lipinski definition) is 0. The molecule has 0 aliphatic heterocycles. The van der Waals surface area contributed by atoms with E-state index < -0.39 is 28.2 Å². The van der Waals surface area contributed by atoms with E-state index in [1.165, 1.54) is 0 Å². The molecule has 0 spiro atoms. The summed E-state index contributed by atoms with van der Waals surface area (Å²) in [7, 11) is 0. The van der Waals surface area contributed by atoms with E-state index in [-0.39, 0.29) is 0 Å². The van der Waals surface area contributed by atoms with Crippen molar-refractivity contribution >= 4 is 6.08 Å². The molecular weight excluding hydrogens is 381 g/mol. The standard InChI is InChI=1S/C11H11.C10H15.2FH.Zr/c1-8-6-7-9(2)11-5-3-4-10(8)11;1-6-7(2)9(4)10(5)8(6)3;;;/h3-7H,1-2H3;1-5H3;2*1H;/q;;;;+2/p-2. The summed E-state index contributed by atoms with van der Waals surface area (Å²) in [4.78, 5) is 0. The fourth-order valence-corrected chi connectivity index (χ4v) is 12.1. The molecular formula is C21H26F2Zr. The number of halogens is 2. The van der Waals surface area contributed by atoms with Crippen molar-refractivity contribution < 1.29 is 26.7 Å². The molecule has 128 valence electrons. The van der Waals surface area contributed by atoms with Crippen LogP contribution >= 0.6 is 0 Å². The van der Waals surface area contributed by atoms with E-state index in [4.69, 9.17) is 0 Å². The topological polar surface area (TPSA) is 0 Å². The van der Waals surface area contributed by atoms with Crippen LogP contribution in [0.25, 0.3) is 6.08 Å². The van der Waals surface area contributed by atoms with Gasteiger partial charge < -0.3 is 0 Å². The van der Waals surface area contributed by atoms with E-state index >= 15 is 5.25 Å². The second-order valence-electron chi connectivity index (χ2n) is 7.61. The molecule has 0 heterocycles. The molecule has 0 bridgehead atoms. The van der Waals surface area contributed by atoms with Crippen molar-refractivity contribution in [2.75, 3.05) is 0 Å². The first kappa shape index (κ1) is 18.0. The second kappa shape index (κ2) is 5.59. The predicted octanol–water partition coefficient (Wildman–Crippen LogP) is 7.16. The van der Waals surface area contributed by atoms with E-state index in [9.17, 15) is 0 Å². The van der Waals surface area contributed by atoms with Gasteiger partial charge in [0.1, 0.15) is 0 Å². The maximum atomic E-state index is 16.1. The molecule has 1 aromatic carbocycles. The third kappa shape index (κ3) is 2.09. The Morgan fingerprint density at radius 2 is 1.38 bits per heavy atom. The van der Waals surface area contributed by atoms with Gasteiger partial charge in [-0.25, -0.2) is 0 Å². The molecule has 3 rings (SSSR count). The molecule has 0 fully saturated rings. The van der Waals surface area contributed by atoms with Crippen molar-refractivity contribution in [3.05, 3.63) is 62.8 Å². The summed E-state index contributed by atoms with van der Waals surface area (Å²) in [5, 5.41) is 0. The van der Waals surface area contributed by atoms with Crippen molar-refractivity contribution in [3.63, 3.8) is 0 Å². The van der Waals surface area contributed by atoms with E-state index in [1.807, 2.05) is 66.7 Å². The predicted molar refractivity (Wildman–Crippen MR) is 95.0 cm³/mol. The zero-order chi connectivity index (χ0) is 18.0. The Balaban J connectivity index is 2.20. The van der Waals surface area contributed by atoms with Crippen LogP contribution in [0.1, 0.15) is 60.5 Å². The Labute approximate surface area is 150 Å². The van der Waals surface area contributed by atoms with Gasteiger partial charge in [-0.1, -0.05) is 0 Å². The van der Waals surface area contributed by atoms with Gasteiger partial charge in [-0.3, -0.25) is 0 Å². The molecule has 24 heavy (non-hydrogen) atoms. The van der Waals surface area contributed by atoms with E-state index in [1.54, 1.807) is 6.08 Å². The van der Waals surface area contributed by atoms with E-state index in [2.05, 4.69) is 0 Å². The molecule has 0 nitrogen and oxygen atoms in total. The molecule has 2 aliphatic rings. The Morgan fingerprint density at radius 1 is 0.875 bits per heavy atom. The Morgan fingerprint density at radius 3 is 1.92 bits per heavy atom. The van der Waals surface area contributed by atoms with Gasteiger partial charge in [-0.05, 0) is 0 Å². The zero-order valence-electron chi connectivity index (χ0n) is 15.6. The third-order valence-electron chi connectivity index (χ3n) is 6.73. The Bertz CT molecular complexity index is 800. The first-order valence-electron chi connectivity index (χ1n) is 8.57. The summed E-state index contributed by atoms with van der Waals surface area (Å²) in [6.07, 6.45) is 3.73. The molecule has 0 radical (unpaired) electrons. The van der Waals surface area contributed by atoms with Gasteiger partial charge >= 0.3 is 151 Å². The number of aryl methyl sites for hydroxylation is 2. The molecule has 3 heteroatoms. The van der Waals surface area contributed by atoms with Crippen LogP contribution in [0.4, 0.5) is 5.25 Å². The normalized spacial score (nSPS) is 22.6. The van der Waals surface area contributed by atoms with Crippen LogP contribution in [0.15, 0.2) is 40.5 Å². The van der Waals surface area contributed by atoms with Crippen molar-refractivity contribution in [3.8, 4) is 0 Å². The van der Waals surface area contributed by atoms with Crippen LogP contribution in [-0.4, -0.2) is 0 Å². The zero-order valence-corrected chi connectivity index (χ0v) is 18.1. The summed E-state index contributed by atoms with van der Waals surface area (Å²) < 4.78 is 30.6. The number of allylic oxidation sites excluding steroid dienone is 5. The van der Waals surface area contributed by atoms with Gasteiger partial charge in [0, 0.05) is 0 Å². The summed E-state index contributed by atoms with van der Waals surface area (Å²) >= 11 is -5.60. The van der Waals surface area contributed by atoms with Crippen LogP contribution in [-0.2, 0) is 21.5 Å². The molecule has 1 aromatic rings. The molecule has 0 N–H and O–H groups in total. The molecule has 1 unspecified atom stereocenters. The molecule has 0 saturated carbocycles. The minimum atomic E-state index is -5.60. The maximum absolute atomic E-state index is 16.1. The SMILES string of the molecule is CC1=C(C)[C](C)([Zr]([F])([F])[CH]2C=Cc3c(C)ccc(C)c32)C(C)=C1C. The van der Waals surface area contributed by atoms with Crippen molar-refractivity contribution in [1.29, 1.82) is 0 Å². The number of rotatable bonds is 2. The monoisotopic (exact) mass is 406 g/mol. The van der Waals surface area contributed by atoms with Gasteiger partial charge in [-0.15, -0.1) is 0 Å². The number of fused-ring (bicyclic) bond motifs is 1. The van der Waals surface area contributed by atoms with Crippen molar-refractivity contribution in [2.24, 2.45) is 0 Å². The van der Waals surface area contributed by atoms with Gasteiger partial charge in [0.05, 0.1) is 0 Å². The summed E-state index contributed by atoms with van der Waals surface area (Å²) in [5.74, 6) is 0. The quantitative estimate of drug-likeness (QED) is 0.488. The van der Waals surface area contributed by atoms with E-state index in [0.717, 1.165) is 44.5 Å². The molecule has 1 atom stereocenters. The van der Waals surface area contributed by atoms with E-state index in [0.29, 0.717) is 0 Å². The summed E-state index contributed by atoms with van der Waals surface area (Å²) in [6.45, 7) is 13.6. The van der Waals surface area contributed by atoms with Crippen LogP contribution in [0.3, 0.4) is 0 Å². The second-order valence-corrected chi connectivity index (χ2v) is 14.7. The van der Waals surface area contributed by atoms with Gasteiger partial charge in [0.15, 0.2) is 0 Å². The average molecular weight is 408 g/mol. The fraction of sp³-hybridized carbons (Fsp3) is 0.429. The van der Waals surface area contributed by atoms with Gasteiger partial charge in [0.2, 0.25) is 0 Å². The Hall–Kier alpha value is -0.817. The van der Waals surface area contributed by atoms with Crippen LogP contribution in [0.2, 0.25) is 3.12 Å². The fourth-order valence-electron chi connectivity index (χ4n) is 4.48. The molecule has 0 saturated heterocycles. The molecule has 0 amide bonds. The Kier molecular flexibility index (Phi) is 4.19. The number of benzene rings is 1. The first-order chi connectivity index (χ1) is 11.0. The summed E-state index contributed by atoms with van der Waals surface area (Å²) in [6, 6.07) is 4.03. The van der Waals surface area contributed by atoms with Crippen molar-refractivity contribution in [1.82, 2.24) is 0 Å². The minimum absolute atomic E-state index is 0.664. The van der Waals surface area contributed by atoms with Crippen LogP contribution < -0.4 is 0 Å². The average Bonchev–Trinajstić information content (AvgIpc) is 3.06. The van der Waals surface area contributed by atoms with Crippen LogP contribution in [0.5, 0.6) is 0 Å². The number of hydrogen-bond acceptors (Lipinski definition) is 0. The first-order valence-corrected chi connectivity index (χ1v) is 13.1. The summed E-state index contributed by atoms with van der Waals surface area (Å²) in [5.41, 5.74) is 7.93. The third-order valence-corrected chi connectivity index (χ3v) is 15.0. The van der Waals surface area contributed by atoms with Gasteiger partial charge in [0.25, 0.3) is 0 Å². The van der Waals surface area contributed by atoms with Gasteiger partial charge in [-0.2, -0.15) is 0 Å².